The fraction of sp³-hybridized carbons (Fsp3) is 0.692. The van der Waals surface area contributed by atoms with E-state index in [0.29, 0.717) is 0 Å². The molecule has 0 aromatic carbocycles. The van der Waals surface area contributed by atoms with Gasteiger partial charge in [0.2, 0.25) is 0 Å². The van der Waals surface area contributed by atoms with Gasteiger partial charge >= 0.3 is 0 Å². The molecule has 0 saturated carbocycles. The number of aliphatic hydroxyl groups excluding tert-OH is 1. The van der Waals surface area contributed by atoms with E-state index in [2.05, 4.69) is 34.7 Å². The number of aromatic nitrogens is 1. The smallest absolute Gasteiger partial charge is 0.157 e. The molecule has 4 nitrogen and oxygen atoms in total. The number of aliphatic hydroxyl groups is 1. The van der Waals surface area contributed by atoms with Crippen molar-refractivity contribution in [3.05, 3.63) is 17.8 Å². The molecule has 0 fully saturated rings. The van der Waals surface area contributed by atoms with Crippen LogP contribution in [0.4, 0.5) is 5.82 Å². The van der Waals surface area contributed by atoms with Crippen molar-refractivity contribution in [2.24, 2.45) is 10.2 Å². The molecule has 0 bridgehead atoms. The molecule has 0 aliphatic heterocycles. The van der Waals surface area contributed by atoms with Gasteiger partial charge in [-0.15, -0.1) is 5.11 Å². The summed E-state index contributed by atoms with van der Waals surface area (Å²) in [7, 11) is 1.00. The quantitative estimate of drug-likeness (QED) is 0.800. The van der Waals surface area contributed by atoms with Crippen molar-refractivity contribution in [2.45, 2.75) is 54.1 Å². The summed E-state index contributed by atoms with van der Waals surface area (Å²) in [6, 6.07) is 2.33. The fourth-order valence-corrected chi connectivity index (χ4v) is 1.14. The molecular formula is C13H27N3O. The van der Waals surface area contributed by atoms with Gasteiger partial charge in [0.15, 0.2) is 5.82 Å². The summed E-state index contributed by atoms with van der Waals surface area (Å²) in [5.41, 5.74) is 1.19. The first-order valence-electron chi connectivity index (χ1n) is 6.16. The van der Waals surface area contributed by atoms with Gasteiger partial charge in [0, 0.05) is 19.9 Å². The zero-order valence-corrected chi connectivity index (χ0v) is 12.2. The molecule has 0 atom stereocenters. The summed E-state index contributed by atoms with van der Waals surface area (Å²) in [5, 5.41) is 15.4. The third kappa shape index (κ3) is 6.89. The molecule has 17 heavy (non-hydrogen) atoms. The molecule has 0 aliphatic rings. The Bertz CT molecular complexity index is 304. The van der Waals surface area contributed by atoms with E-state index < -0.39 is 0 Å². The van der Waals surface area contributed by atoms with E-state index in [-0.39, 0.29) is 6.04 Å². The second-order valence-corrected chi connectivity index (χ2v) is 3.42. The highest BCUT2D eigenvalue weighted by Gasteiger charge is 2.02. The maximum Gasteiger partial charge on any atom is 0.157 e. The molecule has 1 aromatic heterocycles. The van der Waals surface area contributed by atoms with E-state index in [1.54, 1.807) is 0 Å². The van der Waals surface area contributed by atoms with Crippen LogP contribution < -0.4 is 0 Å². The van der Waals surface area contributed by atoms with Crippen LogP contribution in [0.25, 0.3) is 0 Å². The van der Waals surface area contributed by atoms with Crippen LogP contribution in [0.5, 0.6) is 0 Å². The third-order valence-corrected chi connectivity index (χ3v) is 1.85. The Balaban J connectivity index is 0. The minimum atomic E-state index is 0.264. The molecule has 1 N–H and O–H groups in total. The van der Waals surface area contributed by atoms with Crippen molar-refractivity contribution < 1.29 is 5.11 Å². The lowest BCUT2D eigenvalue weighted by molar-refractivity contribution is 0.399. The first-order chi connectivity index (χ1) is 8.15. The maximum absolute atomic E-state index is 7.00. The molecule has 4 heteroatoms. The molecule has 0 amide bonds. The number of nitrogens with zero attached hydrogens (tertiary/aromatic N) is 3. The molecule has 0 unspecified atom stereocenters. The average molecular weight is 241 g/mol. The van der Waals surface area contributed by atoms with Crippen molar-refractivity contribution in [3.8, 4) is 0 Å². The van der Waals surface area contributed by atoms with E-state index >= 15 is 0 Å². The van der Waals surface area contributed by atoms with Gasteiger partial charge in [-0.1, -0.05) is 13.8 Å². The Hall–Kier alpha value is -1.16. The third-order valence-electron chi connectivity index (χ3n) is 1.85. The lowest BCUT2D eigenvalue weighted by Gasteiger charge is -2.01. The van der Waals surface area contributed by atoms with Crippen LogP contribution in [-0.4, -0.2) is 22.8 Å². The van der Waals surface area contributed by atoms with E-state index in [1.807, 2.05) is 33.9 Å². The molecular weight excluding hydrogens is 214 g/mol. The lowest BCUT2D eigenvalue weighted by atomic mass is 10.4. The largest absolute Gasteiger partial charge is 0.400 e. The number of hydrogen-bond acceptors (Lipinski definition) is 3. The van der Waals surface area contributed by atoms with Crippen molar-refractivity contribution >= 4 is 5.82 Å². The molecule has 0 saturated heterocycles. The van der Waals surface area contributed by atoms with E-state index in [1.165, 1.54) is 5.56 Å². The summed E-state index contributed by atoms with van der Waals surface area (Å²) in [4.78, 5) is 0. The van der Waals surface area contributed by atoms with Crippen LogP contribution in [0.2, 0.25) is 0 Å². The van der Waals surface area contributed by atoms with Crippen molar-refractivity contribution in [3.63, 3.8) is 0 Å². The highest BCUT2D eigenvalue weighted by atomic mass is 16.2. The predicted octanol–water partition coefficient (Wildman–Crippen LogP) is 3.94. The number of rotatable bonds is 3. The number of azo groups is 1. The maximum atomic E-state index is 7.00. The Labute approximate surface area is 105 Å². The zero-order valence-electron chi connectivity index (χ0n) is 12.2. The predicted molar refractivity (Wildman–Crippen MR) is 74.0 cm³/mol. The van der Waals surface area contributed by atoms with Gasteiger partial charge in [0.05, 0.1) is 6.04 Å². The van der Waals surface area contributed by atoms with Gasteiger partial charge in [-0.3, -0.25) is 0 Å². The van der Waals surface area contributed by atoms with Crippen LogP contribution in [0.15, 0.2) is 22.5 Å². The SMILES string of the molecule is CC.CCn1ccc(C)c1N=NC(C)C.CO. The molecule has 1 heterocycles. The van der Waals surface area contributed by atoms with Crippen LogP contribution in [-0.2, 0) is 6.54 Å². The monoisotopic (exact) mass is 241 g/mol. The molecule has 0 spiro atoms. The van der Waals surface area contributed by atoms with Gasteiger partial charge in [0.25, 0.3) is 0 Å². The summed E-state index contributed by atoms with van der Waals surface area (Å²) in [6.07, 6.45) is 2.05. The lowest BCUT2D eigenvalue weighted by Crippen LogP contribution is -1.91. The summed E-state index contributed by atoms with van der Waals surface area (Å²) >= 11 is 0. The molecule has 1 aromatic rings. The first kappa shape index (κ1) is 18.2. The highest BCUT2D eigenvalue weighted by Crippen LogP contribution is 2.20. The Kier molecular flexibility index (Phi) is 12.1. The van der Waals surface area contributed by atoms with Gasteiger partial charge in [-0.2, -0.15) is 5.11 Å². The summed E-state index contributed by atoms with van der Waals surface area (Å²) < 4.78 is 2.10. The first-order valence-corrected chi connectivity index (χ1v) is 6.16. The van der Waals surface area contributed by atoms with E-state index in [0.717, 1.165) is 19.5 Å². The molecule has 0 radical (unpaired) electrons. The van der Waals surface area contributed by atoms with E-state index in [4.69, 9.17) is 5.11 Å². The minimum absolute atomic E-state index is 0.264. The van der Waals surface area contributed by atoms with Gasteiger partial charge in [-0.05, 0) is 39.3 Å². The number of hydrogen-bond donors (Lipinski definition) is 1. The van der Waals surface area contributed by atoms with Crippen molar-refractivity contribution in [2.75, 3.05) is 7.11 Å². The highest BCUT2D eigenvalue weighted by molar-refractivity contribution is 5.38. The topological polar surface area (TPSA) is 49.9 Å². The molecule has 1 rings (SSSR count). The average Bonchev–Trinajstić information content (AvgIpc) is 2.72. The summed E-state index contributed by atoms with van der Waals surface area (Å²) in [6.45, 7) is 13.2. The second-order valence-electron chi connectivity index (χ2n) is 3.42. The standard InChI is InChI=1S/C10H17N3.C2H6.CH4O/c1-5-13-7-6-9(4)10(13)12-11-8(2)3;2*1-2/h6-8H,5H2,1-4H3;1-2H3;2H,1H3. The normalized spacial score (nSPS) is 9.71. The Morgan fingerprint density at radius 2 is 1.82 bits per heavy atom. The molecule has 100 valence electrons. The van der Waals surface area contributed by atoms with Crippen LogP contribution in [0, 0.1) is 6.92 Å². The Morgan fingerprint density at radius 3 is 2.24 bits per heavy atom. The Morgan fingerprint density at radius 1 is 1.29 bits per heavy atom. The summed E-state index contributed by atoms with van der Waals surface area (Å²) in [5.74, 6) is 0.983. The zero-order chi connectivity index (χ0) is 13.8. The second kappa shape index (κ2) is 11.3. The van der Waals surface area contributed by atoms with Crippen molar-refractivity contribution in [1.82, 2.24) is 4.57 Å². The fourth-order valence-electron chi connectivity index (χ4n) is 1.14. The van der Waals surface area contributed by atoms with E-state index in [9.17, 15) is 0 Å². The van der Waals surface area contributed by atoms with Gasteiger partial charge in [-0.25, -0.2) is 0 Å². The van der Waals surface area contributed by atoms with Crippen LogP contribution in [0.3, 0.4) is 0 Å². The van der Waals surface area contributed by atoms with Crippen LogP contribution >= 0.6 is 0 Å². The minimum Gasteiger partial charge on any atom is -0.400 e. The van der Waals surface area contributed by atoms with Gasteiger partial charge < -0.3 is 9.67 Å². The number of aryl methyl sites for hydroxylation is 2. The molecule has 0 aliphatic carbocycles. The van der Waals surface area contributed by atoms with Crippen molar-refractivity contribution in [1.29, 1.82) is 0 Å². The van der Waals surface area contributed by atoms with Gasteiger partial charge in [0.1, 0.15) is 0 Å². The van der Waals surface area contributed by atoms with Crippen LogP contribution in [0.1, 0.15) is 40.2 Å².